The SMILES string of the molecule is C=CCn1c(SC(C)C(=O)N2CCN(c3ccccc3)CC2)nnc1C1CC1. The molecule has 1 atom stereocenters. The zero-order chi connectivity index (χ0) is 19.5. The van der Waals surface area contributed by atoms with E-state index in [0.717, 1.165) is 37.2 Å². The molecule has 2 aliphatic rings. The van der Waals surface area contributed by atoms with Crippen molar-refractivity contribution in [2.75, 3.05) is 31.1 Å². The highest BCUT2D eigenvalue weighted by Crippen LogP contribution is 2.40. The van der Waals surface area contributed by atoms with Crippen LogP contribution in [0.5, 0.6) is 0 Å². The van der Waals surface area contributed by atoms with Crippen LogP contribution in [0.4, 0.5) is 5.69 Å². The summed E-state index contributed by atoms with van der Waals surface area (Å²) in [5.74, 6) is 1.75. The molecule has 2 aromatic rings. The van der Waals surface area contributed by atoms with E-state index in [-0.39, 0.29) is 11.2 Å². The fourth-order valence-corrected chi connectivity index (χ4v) is 4.57. The van der Waals surface area contributed by atoms with Gasteiger partial charge in [-0.2, -0.15) is 0 Å². The average Bonchev–Trinajstić information content (AvgIpc) is 3.51. The van der Waals surface area contributed by atoms with Crippen molar-refractivity contribution in [3.8, 4) is 0 Å². The van der Waals surface area contributed by atoms with Crippen molar-refractivity contribution >= 4 is 23.4 Å². The molecule has 2 fully saturated rings. The minimum Gasteiger partial charge on any atom is -0.368 e. The van der Waals surface area contributed by atoms with E-state index in [1.54, 1.807) is 0 Å². The molecule has 1 aromatic carbocycles. The number of carbonyl (C=O) groups is 1. The van der Waals surface area contributed by atoms with Gasteiger partial charge in [-0.1, -0.05) is 36.0 Å². The second-order valence-electron chi connectivity index (χ2n) is 7.42. The fraction of sp³-hybridized carbons (Fsp3) is 0.476. The number of allylic oxidation sites excluding steroid dienone is 1. The number of aromatic nitrogens is 3. The molecule has 28 heavy (non-hydrogen) atoms. The Kier molecular flexibility index (Phi) is 5.71. The first kappa shape index (κ1) is 19.1. The predicted molar refractivity (Wildman–Crippen MR) is 113 cm³/mol. The average molecular weight is 398 g/mol. The molecule has 0 bridgehead atoms. The predicted octanol–water partition coefficient (Wildman–Crippen LogP) is 3.17. The molecule has 4 rings (SSSR count). The number of nitrogens with zero attached hydrogens (tertiary/aromatic N) is 5. The molecular formula is C21H27N5OS. The molecule has 1 aliphatic heterocycles. The maximum absolute atomic E-state index is 13.0. The van der Waals surface area contributed by atoms with Gasteiger partial charge in [0, 0.05) is 44.3 Å². The molecule has 1 amide bonds. The number of benzene rings is 1. The van der Waals surface area contributed by atoms with Gasteiger partial charge in [0.2, 0.25) is 5.91 Å². The van der Waals surface area contributed by atoms with Crippen molar-refractivity contribution in [3.63, 3.8) is 0 Å². The molecule has 1 aromatic heterocycles. The van der Waals surface area contributed by atoms with Crippen molar-refractivity contribution in [3.05, 3.63) is 48.8 Å². The maximum Gasteiger partial charge on any atom is 0.236 e. The standard InChI is InChI=1S/C21H27N5OS/c1-3-11-26-19(17-9-10-17)22-23-21(26)28-16(2)20(27)25-14-12-24(13-15-25)18-7-5-4-6-8-18/h3-8,16-17H,1,9-15H2,2H3. The third-order valence-corrected chi connectivity index (χ3v) is 6.41. The zero-order valence-corrected chi connectivity index (χ0v) is 17.1. The maximum atomic E-state index is 13.0. The number of piperazine rings is 1. The van der Waals surface area contributed by atoms with E-state index in [1.165, 1.54) is 30.3 Å². The molecule has 7 heteroatoms. The molecule has 2 heterocycles. The first-order valence-electron chi connectivity index (χ1n) is 9.97. The van der Waals surface area contributed by atoms with Crippen molar-refractivity contribution in [2.24, 2.45) is 0 Å². The summed E-state index contributed by atoms with van der Waals surface area (Å²) in [5.41, 5.74) is 1.22. The second kappa shape index (κ2) is 8.39. The number of hydrogen-bond donors (Lipinski definition) is 0. The summed E-state index contributed by atoms with van der Waals surface area (Å²) in [6, 6.07) is 10.4. The lowest BCUT2D eigenvalue weighted by Crippen LogP contribution is -2.50. The molecule has 0 spiro atoms. The molecular weight excluding hydrogens is 370 g/mol. The minimum atomic E-state index is -0.178. The fourth-order valence-electron chi connectivity index (χ4n) is 3.62. The summed E-state index contributed by atoms with van der Waals surface area (Å²) in [5, 5.41) is 9.39. The Hall–Kier alpha value is -2.28. The van der Waals surface area contributed by atoms with Gasteiger partial charge in [0.15, 0.2) is 5.16 Å². The van der Waals surface area contributed by atoms with Crippen molar-refractivity contribution in [1.29, 1.82) is 0 Å². The molecule has 0 N–H and O–H groups in total. The topological polar surface area (TPSA) is 54.3 Å². The monoisotopic (exact) mass is 397 g/mol. The molecule has 1 saturated carbocycles. The quantitative estimate of drug-likeness (QED) is 0.531. The van der Waals surface area contributed by atoms with Crippen molar-refractivity contribution < 1.29 is 4.79 Å². The van der Waals surface area contributed by atoms with E-state index in [0.29, 0.717) is 12.5 Å². The Bertz CT molecular complexity index is 825. The Balaban J connectivity index is 1.36. The molecule has 1 saturated heterocycles. The molecule has 148 valence electrons. The number of thioether (sulfide) groups is 1. The van der Waals surface area contributed by atoms with E-state index < -0.39 is 0 Å². The summed E-state index contributed by atoms with van der Waals surface area (Å²) in [7, 11) is 0. The second-order valence-corrected chi connectivity index (χ2v) is 8.73. The lowest BCUT2D eigenvalue weighted by molar-refractivity contribution is -0.130. The van der Waals surface area contributed by atoms with Gasteiger partial charge in [-0.05, 0) is 31.9 Å². The summed E-state index contributed by atoms with van der Waals surface area (Å²) >= 11 is 1.51. The van der Waals surface area contributed by atoms with E-state index in [1.807, 2.05) is 24.0 Å². The van der Waals surface area contributed by atoms with Gasteiger partial charge in [0.25, 0.3) is 0 Å². The van der Waals surface area contributed by atoms with Crippen LogP contribution in [-0.2, 0) is 11.3 Å². The number of anilines is 1. The normalized spacial score (nSPS) is 18.2. The lowest BCUT2D eigenvalue weighted by Gasteiger charge is -2.37. The first-order chi connectivity index (χ1) is 13.7. The van der Waals surface area contributed by atoms with Gasteiger partial charge in [-0.15, -0.1) is 16.8 Å². The Morgan fingerprint density at radius 1 is 1.21 bits per heavy atom. The van der Waals surface area contributed by atoms with Gasteiger partial charge >= 0.3 is 0 Å². The highest BCUT2D eigenvalue weighted by Gasteiger charge is 2.32. The van der Waals surface area contributed by atoms with Gasteiger partial charge in [0.1, 0.15) is 5.82 Å². The van der Waals surface area contributed by atoms with E-state index in [9.17, 15) is 4.79 Å². The number of para-hydroxylation sites is 1. The summed E-state index contributed by atoms with van der Waals surface area (Å²) < 4.78 is 2.12. The van der Waals surface area contributed by atoms with Crippen LogP contribution in [0.1, 0.15) is 31.5 Å². The van der Waals surface area contributed by atoms with Gasteiger partial charge in [-0.25, -0.2) is 0 Å². The number of carbonyl (C=O) groups excluding carboxylic acids is 1. The largest absolute Gasteiger partial charge is 0.368 e. The first-order valence-corrected chi connectivity index (χ1v) is 10.8. The van der Waals surface area contributed by atoms with Crippen LogP contribution in [0, 0.1) is 0 Å². The van der Waals surface area contributed by atoms with Gasteiger partial charge < -0.3 is 14.4 Å². The molecule has 1 unspecified atom stereocenters. The smallest absolute Gasteiger partial charge is 0.236 e. The van der Waals surface area contributed by atoms with Crippen LogP contribution in [0.2, 0.25) is 0 Å². The number of amides is 1. The molecule has 0 radical (unpaired) electrons. The van der Waals surface area contributed by atoms with Crippen LogP contribution in [0.3, 0.4) is 0 Å². The summed E-state index contributed by atoms with van der Waals surface area (Å²) in [6.07, 6.45) is 4.23. The van der Waals surface area contributed by atoms with Crippen LogP contribution < -0.4 is 4.90 Å². The third kappa shape index (κ3) is 4.09. The van der Waals surface area contributed by atoms with E-state index >= 15 is 0 Å². The number of rotatable bonds is 7. The van der Waals surface area contributed by atoms with Crippen molar-refractivity contribution in [1.82, 2.24) is 19.7 Å². The summed E-state index contributed by atoms with van der Waals surface area (Å²) in [4.78, 5) is 17.3. The minimum absolute atomic E-state index is 0.178. The van der Waals surface area contributed by atoms with Crippen LogP contribution in [0.15, 0.2) is 48.1 Å². The van der Waals surface area contributed by atoms with Crippen molar-refractivity contribution in [2.45, 2.75) is 42.6 Å². The Labute approximate surface area is 170 Å². The highest BCUT2D eigenvalue weighted by molar-refractivity contribution is 8.00. The summed E-state index contributed by atoms with van der Waals surface area (Å²) in [6.45, 7) is 9.76. The van der Waals surface area contributed by atoms with Gasteiger partial charge in [-0.3, -0.25) is 4.79 Å². The Morgan fingerprint density at radius 2 is 1.93 bits per heavy atom. The van der Waals surface area contributed by atoms with Crippen LogP contribution in [0.25, 0.3) is 0 Å². The Morgan fingerprint density at radius 3 is 2.57 bits per heavy atom. The lowest BCUT2D eigenvalue weighted by atomic mass is 10.2. The van der Waals surface area contributed by atoms with E-state index in [2.05, 4.69) is 50.5 Å². The van der Waals surface area contributed by atoms with E-state index in [4.69, 9.17) is 0 Å². The van der Waals surface area contributed by atoms with Crippen LogP contribution in [-0.4, -0.2) is 57.0 Å². The third-order valence-electron chi connectivity index (χ3n) is 5.34. The molecule has 1 aliphatic carbocycles. The van der Waals surface area contributed by atoms with Crippen LogP contribution >= 0.6 is 11.8 Å². The van der Waals surface area contributed by atoms with Gasteiger partial charge in [0.05, 0.1) is 5.25 Å². The molecule has 6 nitrogen and oxygen atoms in total. The highest BCUT2D eigenvalue weighted by atomic mass is 32.2. The zero-order valence-electron chi connectivity index (χ0n) is 16.3. The number of hydrogen-bond acceptors (Lipinski definition) is 5.